The van der Waals surface area contributed by atoms with Crippen LogP contribution >= 0.6 is 15.9 Å². The van der Waals surface area contributed by atoms with Crippen molar-refractivity contribution in [3.63, 3.8) is 0 Å². The van der Waals surface area contributed by atoms with E-state index in [1.165, 1.54) is 0 Å². The van der Waals surface area contributed by atoms with Gasteiger partial charge in [-0.2, -0.15) is 5.10 Å². The van der Waals surface area contributed by atoms with Crippen molar-refractivity contribution in [2.45, 2.75) is 26.3 Å². The third-order valence-electron chi connectivity index (χ3n) is 2.99. The van der Waals surface area contributed by atoms with E-state index >= 15 is 0 Å². The molecule has 0 saturated carbocycles. The molecule has 0 aliphatic carbocycles. The van der Waals surface area contributed by atoms with Gasteiger partial charge in [0.2, 0.25) is 0 Å². The maximum absolute atomic E-state index is 12.2. The molecule has 0 saturated heterocycles. The van der Waals surface area contributed by atoms with Crippen LogP contribution in [0.15, 0.2) is 34.9 Å². The fourth-order valence-electron chi connectivity index (χ4n) is 1.73. The van der Waals surface area contributed by atoms with Gasteiger partial charge in [-0.05, 0) is 25.5 Å². The van der Waals surface area contributed by atoms with Crippen LogP contribution in [0.1, 0.15) is 30.6 Å². The highest BCUT2D eigenvalue weighted by Crippen LogP contribution is 2.24. The molecule has 1 aromatic carbocycles. The van der Waals surface area contributed by atoms with Crippen LogP contribution in [0.2, 0.25) is 0 Å². The van der Waals surface area contributed by atoms with Crippen LogP contribution in [0.25, 0.3) is 11.3 Å². The first-order chi connectivity index (χ1) is 9.11. The Morgan fingerprint density at radius 1 is 1.53 bits per heavy atom. The average Bonchev–Trinajstić information content (AvgIpc) is 2.87. The van der Waals surface area contributed by atoms with E-state index in [2.05, 4.69) is 31.4 Å². The Hall–Kier alpha value is -1.62. The molecule has 0 bridgehead atoms. The van der Waals surface area contributed by atoms with E-state index in [9.17, 15) is 4.79 Å². The van der Waals surface area contributed by atoms with Crippen LogP contribution in [0, 0.1) is 0 Å². The van der Waals surface area contributed by atoms with E-state index in [0.717, 1.165) is 22.2 Å². The first kappa shape index (κ1) is 13.8. The molecule has 1 aromatic heterocycles. The molecule has 100 valence electrons. The number of carbonyl (C=O) groups is 1. The van der Waals surface area contributed by atoms with Crippen molar-refractivity contribution < 1.29 is 4.79 Å². The van der Waals surface area contributed by atoms with Gasteiger partial charge in [-0.25, -0.2) is 0 Å². The van der Waals surface area contributed by atoms with Crippen LogP contribution < -0.4 is 5.32 Å². The smallest absolute Gasteiger partial charge is 0.255 e. The van der Waals surface area contributed by atoms with Gasteiger partial charge >= 0.3 is 0 Å². The van der Waals surface area contributed by atoms with Crippen molar-refractivity contribution in [2.75, 3.05) is 0 Å². The lowest BCUT2D eigenvalue weighted by Crippen LogP contribution is -2.32. The second-order valence-corrected chi connectivity index (χ2v) is 5.37. The van der Waals surface area contributed by atoms with Gasteiger partial charge in [-0.15, -0.1) is 0 Å². The molecule has 19 heavy (non-hydrogen) atoms. The van der Waals surface area contributed by atoms with Crippen molar-refractivity contribution in [1.82, 2.24) is 15.5 Å². The molecule has 2 aromatic rings. The molecule has 5 heteroatoms. The van der Waals surface area contributed by atoms with Gasteiger partial charge in [0, 0.05) is 16.1 Å². The van der Waals surface area contributed by atoms with Gasteiger partial charge in [0.05, 0.1) is 17.5 Å². The van der Waals surface area contributed by atoms with Gasteiger partial charge < -0.3 is 5.32 Å². The van der Waals surface area contributed by atoms with Gasteiger partial charge in [0.25, 0.3) is 5.91 Å². The van der Waals surface area contributed by atoms with Crippen molar-refractivity contribution in [1.29, 1.82) is 0 Å². The Bertz CT molecular complexity index is 580. The van der Waals surface area contributed by atoms with Crippen molar-refractivity contribution >= 4 is 21.8 Å². The number of aromatic nitrogens is 2. The quantitative estimate of drug-likeness (QED) is 0.907. The summed E-state index contributed by atoms with van der Waals surface area (Å²) >= 11 is 3.43. The van der Waals surface area contributed by atoms with Gasteiger partial charge in [-0.1, -0.05) is 35.0 Å². The minimum absolute atomic E-state index is 0.0990. The number of hydrogen-bond donors (Lipinski definition) is 2. The fraction of sp³-hybridized carbons (Fsp3) is 0.286. The minimum atomic E-state index is -0.0990. The molecule has 4 nitrogen and oxygen atoms in total. The molecule has 0 radical (unpaired) electrons. The van der Waals surface area contributed by atoms with Crippen LogP contribution in [-0.4, -0.2) is 22.1 Å². The zero-order valence-corrected chi connectivity index (χ0v) is 12.5. The fourth-order valence-corrected chi connectivity index (χ4v) is 2.13. The van der Waals surface area contributed by atoms with E-state index in [0.29, 0.717) is 5.56 Å². The Morgan fingerprint density at radius 2 is 2.32 bits per heavy atom. The van der Waals surface area contributed by atoms with Crippen LogP contribution in [0.3, 0.4) is 0 Å². The van der Waals surface area contributed by atoms with E-state index < -0.39 is 0 Å². The molecule has 0 unspecified atom stereocenters. The SMILES string of the molecule is CC[C@@H](C)NC(=O)c1cn[nH]c1-c1cccc(Br)c1. The first-order valence-electron chi connectivity index (χ1n) is 6.22. The number of hydrogen-bond acceptors (Lipinski definition) is 2. The highest BCUT2D eigenvalue weighted by molar-refractivity contribution is 9.10. The Labute approximate surface area is 120 Å². The maximum Gasteiger partial charge on any atom is 0.255 e. The van der Waals surface area contributed by atoms with Gasteiger partial charge in [0.15, 0.2) is 0 Å². The minimum Gasteiger partial charge on any atom is -0.349 e. The molecule has 1 atom stereocenters. The summed E-state index contributed by atoms with van der Waals surface area (Å²) in [5.41, 5.74) is 2.24. The molecular weight excluding hydrogens is 306 g/mol. The summed E-state index contributed by atoms with van der Waals surface area (Å²) in [5, 5.41) is 9.82. The van der Waals surface area contributed by atoms with Crippen molar-refractivity contribution in [3.8, 4) is 11.3 Å². The summed E-state index contributed by atoms with van der Waals surface area (Å²) in [5.74, 6) is -0.0990. The number of H-pyrrole nitrogens is 1. The second kappa shape index (κ2) is 6.02. The second-order valence-electron chi connectivity index (χ2n) is 4.45. The highest BCUT2D eigenvalue weighted by Gasteiger charge is 2.16. The number of benzene rings is 1. The summed E-state index contributed by atoms with van der Waals surface area (Å²) in [6.07, 6.45) is 2.46. The largest absolute Gasteiger partial charge is 0.349 e. The Morgan fingerprint density at radius 3 is 3.00 bits per heavy atom. The lowest BCUT2D eigenvalue weighted by atomic mass is 10.1. The molecule has 2 N–H and O–H groups in total. The Balaban J connectivity index is 2.30. The Kier molecular flexibility index (Phi) is 4.37. The number of carbonyl (C=O) groups excluding carboxylic acids is 1. The van der Waals surface area contributed by atoms with E-state index in [4.69, 9.17) is 0 Å². The molecule has 1 amide bonds. The average molecular weight is 322 g/mol. The zero-order valence-electron chi connectivity index (χ0n) is 10.9. The predicted octanol–water partition coefficient (Wildman–Crippen LogP) is 3.37. The number of amides is 1. The molecule has 0 aliphatic heterocycles. The molecular formula is C14H16BrN3O. The monoisotopic (exact) mass is 321 g/mol. The normalized spacial score (nSPS) is 12.2. The van der Waals surface area contributed by atoms with Crippen LogP contribution in [0.4, 0.5) is 0 Å². The number of nitrogens with one attached hydrogen (secondary N) is 2. The molecule has 0 aliphatic rings. The van der Waals surface area contributed by atoms with Gasteiger partial charge in [0.1, 0.15) is 0 Å². The maximum atomic E-state index is 12.2. The predicted molar refractivity (Wildman–Crippen MR) is 78.9 cm³/mol. The number of nitrogens with zero attached hydrogens (tertiary/aromatic N) is 1. The third-order valence-corrected chi connectivity index (χ3v) is 3.48. The summed E-state index contributed by atoms with van der Waals surface area (Å²) in [6.45, 7) is 4.02. The summed E-state index contributed by atoms with van der Waals surface area (Å²) in [4.78, 5) is 12.2. The third kappa shape index (κ3) is 3.23. The van der Waals surface area contributed by atoms with Crippen molar-refractivity contribution in [2.24, 2.45) is 0 Å². The van der Waals surface area contributed by atoms with Crippen LogP contribution in [-0.2, 0) is 0 Å². The number of halogens is 1. The summed E-state index contributed by atoms with van der Waals surface area (Å²) in [6, 6.07) is 7.92. The first-order valence-corrected chi connectivity index (χ1v) is 7.01. The lowest BCUT2D eigenvalue weighted by Gasteiger charge is -2.11. The topological polar surface area (TPSA) is 57.8 Å². The number of rotatable bonds is 4. The standard InChI is InChI=1S/C14H16BrN3O/c1-3-9(2)17-14(19)12-8-16-18-13(12)10-5-4-6-11(15)7-10/h4-9H,3H2,1-2H3,(H,16,18)(H,17,19)/t9-/m1/s1. The zero-order chi connectivity index (χ0) is 13.8. The van der Waals surface area contributed by atoms with Crippen molar-refractivity contribution in [3.05, 3.63) is 40.5 Å². The molecule has 0 spiro atoms. The number of aromatic amines is 1. The molecule has 2 rings (SSSR count). The summed E-state index contributed by atoms with van der Waals surface area (Å²) < 4.78 is 0.966. The molecule has 0 fully saturated rings. The molecule has 1 heterocycles. The van der Waals surface area contributed by atoms with E-state index in [-0.39, 0.29) is 11.9 Å². The van der Waals surface area contributed by atoms with Gasteiger partial charge in [-0.3, -0.25) is 9.89 Å². The highest BCUT2D eigenvalue weighted by atomic mass is 79.9. The van der Waals surface area contributed by atoms with E-state index in [1.54, 1.807) is 6.20 Å². The summed E-state index contributed by atoms with van der Waals surface area (Å²) in [7, 11) is 0. The lowest BCUT2D eigenvalue weighted by molar-refractivity contribution is 0.0940. The van der Waals surface area contributed by atoms with Crippen LogP contribution in [0.5, 0.6) is 0 Å². The van der Waals surface area contributed by atoms with E-state index in [1.807, 2.05) is 38.1 Å².